The Hall–Kier alpha value is 0.650. The van der Waals surface area contributed by atoms with E-state index in [4.69, 9.17) is 5.11 Å². The molecule has 1 atom stereocenters. The van der Waals surface area contributed by atoms with Crippen molar-refractivity contribution in [1.82, 2.24) is 3.11 Å². The third kappa shape index (κ3) is 1.54. The molecule has 0 aliphatic carbocycles. The van der Waals surface area contributed by atoms with Crippen LogP contribution in [0.3, 0.4) is 0 Å². The number of aliphatic hydroxyl groups is 1. The predicted molar refractivity (Wildman–Crippen MR) is 36.2 cm³/mol. The second kappa shape index (κ2) is 2.28. The van der Waals surface area contributed by atoms with E-state index in [1.807, 2.05) is 0 Å². The first-order chi connectivity index (χ1) is 3.29. The van der Waals surface area contributed by atoms with E-state index in [-0.39, 0.29) is 6.10 Å². The summed E-state index contributed by atoms with van der Waals surface area (Å²) in [7, 11) is 0. The highest BCUT2D eigenvalue weighted by Crippen LogP contribution is 2.11. The third-order valence-corrected chi connectivity index (χ3v) is 1.99. The van der Waals surface area contributed by atoms with Gasteiger partial charge in [-0.3, -0.25) is 0 Å². The van der Waals surface area contributed by atoms with Gasteiger partial charge in [0, 0.05) is 36.0 Å². The molecular weight excluding hydrogens is 205 g/mol. The van der Waals surface area contributed by atoms with E-state index in [9.17, 15) is 0 Å². The lowest BCUT2D eigenvalue weighted by Crippen LogP contribution is -2.09. The molecule has 0 bridgehead atoms. The van der Waals surface area contributed by atoms with Crippen molar-refractivity contribution < 1.29 is 5.11 Å². The topological polar surface area (TPSA) is 23.5 Å². The zero-order chi connectivity index (χ0) is 5.28. The van der Waals surface area contributed by atoms with Crippen LogP contribution in [0.1, 0.15) is 6.42 Å². The number of β-amino-alcohol motifs (C(OH)–C–C–N with tert-alkyl or cyclic N) is 1. The molecule has 0 aromatic heterocycles. The molecule has 1 aliphatic heterocycles. The van der Waals surface area contributed by atoms with Gasteiger partial charge in [0.15, 0.2) is 0 Å². The fraction of sp³-hybridized carbons (Fsp3) is 1.00. The van der Waals surface area contributed by atoms with Gasteiger partial charge in [-0.25, -0.2) is 3.11 Å². The van der Waals surface area contributed by atoms with Crippen molar-refractivity contribution >= 4 is 22.9 Å². The number of hydrogen-bond donors (Lipinski definition) is 1. The first-order valence-electron chi connectivity index (χ1n) is 2.38. The number of hydrogen-bond acceptors (Lipinski definition) is 2. The zero-order valence-electron chi connectivity index (χ0n) is 3.97. The minimum atomic E-state index is -0.0584. The van der Waals surface area contributed by atoms with Gasteiger partial charge in [0.2, 0.25) is 0 Å². The van der Waals surface area contributed by atoms with Crippen molar-refractivity contribution in [2.75, 3.05) is 13.1 Å². The van der Waals surface area contributed by atoms with Gasteiger partial charge in [0.1, 0.15) is 0 Å². The first-order valence-corrected chi connectivity index (χ1v) is 3.34. The third-order valence-electron chi connectivity index (χ3n) is 1.11. The Bertz CT molecular complexity index is 60.7. The smallest absolute Gasteiger partial charge is 0.0687 e. The van der Waals surface area contributed by atoms with E-state index in [1.165, 1.54) is 0 Å². The number of aliphatic hydroxyl groups excluding tert-OH is 1. The lowest BCUT2D eigenvalue weighted by atomic mass is 10.3. The van der Waals surface area contributed by atoms with Gasteiger partial charge in [-0.15, -0.1) is 0 Å². The summed E-state index contributed by atoms with van der Waals surface area (Å²) in [4.78, 5) is 0. The van der Waals surface area contributed by atoms with E-state index in [0.717, 1.165) is 19.5 Å². The highest BCUT2D eigenvalue weighted by atomic mass is 127. The van der Waals surface area contributed by atoms with E-state index in [0.29, 0.717) is 0 Å². The van der Waals surface area contributed by atoms with Gasteiger partial charge in [0.25, 0.3) is 0 Å². The van der Waals surface area contributed by atoms with Crippen LogP contribution in [0, 0.1) is 0 Å². The molecule has 7 heavy (non-hydrogen) atoms. The summed E-state index contributed by atoms with van der Waals surface area (Å²) in [5, 5.41) is 8.85. The molecule has 1 saturated heterocycles. The van der Waals surface area contributed by atoms with Gasteiger partial charge >= 0.3 is 0 Å². The molecule has 1 rings (SSSR count). The Morgan fingerprint density at radius 3 is 2.57 bits per heavy atom. The van der Waals surface area contributed by atoms with Crippen LogP contribution in [0.2, 0.25) is 0 Å². The van der Waals surface area contributed by atoms with Gasteiger partial charge in [-0.2, -0.15) is 0 Å². The van der Waals surface area contributed by atoms with Crippen LogP contribution < -0.4 is 0 Å². The molecule has 42 valence electrons. The maximum Gasteiger partial charge on any atom is 0.0687 e. The molecule has 0 amide bonds. The van der Waals surface area contributed by atoms with Crippen molar-refractivity contribution in [3.63, 3.8) is 0 Å². The fourth-order valence-corrected chi connectivity index (χ4v) is 1.43. The van der Waals surface area contributed by atoms with Gasteiger partial charge in [-0.05, 0) is 6.42 Å². The first kappa shape index (κ1) is 5.78. The van der Waals surface area contributed by atoms with Crippen LogP contribution in [0.15, 0.2) is 0 Å². The Labute approximate surface area is 57.0 Å². The van der Waals surface area contributed by atoms with Crippen LogP contribution in [0.5, 0.6) is 0 Å². The number of halogens is 1. The Morgan fingerprint density at radius 1 is 1.71 bits per heavy atom. The Balaban J connectivity index is 2.26. The molecule has 0 saturated carbocycles. The standard InChI is InChI=1S/C4H8INO/c5-6-2-1-4(7)3-6/h4,7H,1-3H2. The largest absolute Gasteiger partial charge is 0.392 e. The molecular formula is C4H8INO. The van der Waals surface area contributed by atoms with Crippen molar-refractivity contribution in [3.05, 3.63) is 0 Å². The van der Waals surface area contributed by atoms with Gasteiger partial charge in [0.05, 0.1) is 6.10 Å². The monoisotopic (exact) mass is 213 g/mol. The summed E-state index contributed by atoms with van der Waals surface area (Å²) in [6, 6.07) is 0. The molecule has 1 unspecified atom stereocenters. The van der Waals surface area contributed by atoms with Crippen molar-refractivity contribution in [3.8, 4) is 0 Å². The lowest BCUT2D eigenvalue weighted by Gasteiger charge is -1.99. The molecule has 1 aliphatic rings. The average Bonchev–Trinajstić information content (AvgIpc) is 1.87. The predicted octanol–water partition coefficient (Wildman–Crippen LogP) is 0.403. The second-order valence-electron chi connectivity index (χ2n) is 1.81. The SMILES string of the molecule is OC1CCN(I)C1. The molecule has 3 heteroatoms. The molecule has 1 N–H and O–H groups in total. The van der Waals surface area contributed by atoms with E-state index < -0.39 is 0 Å². The molecule has 0 aromatic carbocycles. The Morgan fingerprint density at radius 2 is 2.43 bits per heavy atom. The van der Waals surface area contributed by atoms with Crippen molar-refractivity contribution in [2.45, 2.75) is 12.5 Å². The molecule has 1 fully saturated rings. The molecule has 1 heterocycles. The van der Waals surface area contributed by atoms with E-state index in [2.05, 4.69) is 26.0 Å². The van der Waals surface area contributed by atoms with Crippen LogP contribution in [0.4, 0.5) is 0 Å². The highest BCUT2D eigenvalue weighted by Gasteiger charge is 2.16. The summed E-state index contributed by atoms with van der Waals surface area (Å²) >= 11 is 2.22. The minimum Gasteiger partial charge on any atom is -0.392 e. The van der Waals surface area contributed by atoms with Gasteiger partial charge in [-0.1, -0.05) is 0 Å². The lowest BCUT2D eigenvalue weighted by molar-refractivity contribution is 0.192. The second-order valence-corrected chi connectivity index (χ2v) is 3.18. The van der Waals surface area contributed by atoms with E-state index in [1.54, 1.807) is 0 Å². The highest BCUT2D eigenvalue weighted by molar-refractivity contribution is 14.1. The summed E-state index contributed by atoms with van der Waals surface area (Å²) in [5.74, 6) is 0. The van der Waals surface area contributed by atoms with E-state index >= 15 is 0 Å². The van der Waals surface area contributed by atoms with Crippen LogP contribution in [-0.2, 0) is 0 Å². The fourth-order valence-electron chi connectivity index (χ4n) is 0.700. The maximum atomic E-state index is 8.85. The summed E-state index contributed by atoms with van der Waals surface area (Å²) in [5.41, 5.74) is 0. The van der Waals surface area contributed by atoms with Crippen LogP contribution in [0.25, 0.3) is 0 Å². The number of nitrogens with zero attached hydrogens (tertiary/aromatic N) is 1. The summed E-state index contributed by atoms with van der Waals surface area (Å²) in [6.07, 6.45) is 0.889. The normalized spacial score (nSPS) is 34.3. The quantitative estimate of drug-likeness (QED) is 0.465. The molecule has 0 spiro atoms. The summed E-state index contributed by atoms with van der Waals surface area (Å²) in [6.45, 7) is 1.89. The maximum absolute atomic E-state index is 8.85. The summed E-state index contributed by atoms with van der Waals surface area (Å²) < 4.78 is 2.10. The van der Waals surface area contributed by atoms with Crippen molar-refractivity contribution in [1.29, 1.82) is 0 Å². The van der Waals surface area contributed by atoms with Crippen LogP contribution in [-0.4, -0.2) is 27.4 Å². The Kier molecular flexibility index (Phi) is 1.88. The van der Waals surface area contributed by atoms with Crippen LogP contribution >= 0.6 is 22.9 Å². The molecule has 0 aromatic rings. The molecule has 0 radical (unpaired) electrons. The molecule has 2 nitrogen and oxygen atoms in total. The number of rotatable bonds is 0. The van der Waals surface area contributed by atoms with Gasteiger partial charge < -0.3 is 5.11 Å². The average molecular weight is 213 g/mol. The zero-order valence-corrected chi connectivity index (χ0v) is 6.13. The minimum absolute atomic E-state index is 0.0584. The van der Waals surface area contributed by atoms with Crippen molar-refractivity contribution in [2.24, 2.45) is 0 Å².